The zero-order valence-corrected chi connectivity index (χ0v) is 11.2. The van der Waals surface area contributed by atoms with E-state index in [1.165, 1.54) is 19.1 Å². The van der Waals surface area contributed by atoms with Gasteiger partial charge in [0.1, 0.15) is 0 Å². The lowest BCUT2D eigenvalue weighted by Crippen LogP contribution is -2.45. The molecule has 0 spiro atoms. The molecule has 0 heterocycles. The molecular weight excluding hydrogens is 284 g/mol. The van der Waals surface area contributed by atoms with Gasteiger partial charge in [0.25, 0.3) is 0 Å². The van der Waals surface area contributed by atoms with Crippen LogP contribution in [0.3, 0.4) is 0 Å². The van der Waals surface area contributed by atoms with E-state index in [-0.39, 0.29) is 5.56 Å². The highest BCUT2D eigenvalue weighted by Crippen LogP contribution is 2.46. The highest BCUT2D eigenvalue weighted by molar-refractivity contribution is 5.34. The van der Waals surface area contributed by atoms with Crippen molar-refractivity contribution in [2.45, 2.75) is 32.2 Å². The third kappa shape index (κ3) is 3.65. The molecule has 0 aromatic heterocycles. The van der Waals surface area contributed by atoms with E-state index in [1.54, 1.807) is 13.0 Å². The molecule has 0 fully saturated rings. The van der Waals surface area contributed by atoms with Crippen molar-refractivity contribution >= 4 is 0 Å². The van der Waals surface area contributed by atoms with E-state index < -0.39 is 24.3 Å². The number of benzene rings is 1. The molecule has 1 nitrogen and oxygen atoms in total. The predicted octanol–water partition coefficient (Wildman–Crippen LogP) is 4.30. The molecule has 0 bridgehead atoms. The summed E-state index contributed by atoms with van der Waals surface area (Å²) in [6, 6.07) is 2.64. The van der Waals surface area contributed by atoms with Gasteiger partial charge in [-0.25, -0.2) is 0 Å². The largest absolute Gasteiger partial charge is 0.402 e. The van der Waals surface area contributed by atoms with Crippen LogP contribution in [0.25, 0.3) is 0 Å². The molecule has 0 saturated heterocycles. The lowest BCUT2D eigenvalue weighted by atomic mass is 9.88. The fraction of sp³-hybridized carbons (Fsp3) is 0.538. The number of halogens is 6. The summed E-state index contributed by atoms with van der Waals surface area (Å²) in [6.07, 6.45) is -10.7. The second-order valence-corrected chi connectivity index (χ2v) is 4.69. The van der Waals surface area contributed by atoms with Crippen LogP contribution in [0.2, 0.25) is 0 Å². The molecule has 1 unspecified atom stereocenters. The van der Waals surface area contributed by atoms with E-state index in [0.29, 0.717) is 11.1 Å². The monoisotopic (exact) mass is 299 g/mol. The smallest absolute Gasteiger partial charge is 0.312 e. The Labute approximate surface area is 113 Å². The van der Waals surface area contributed by atoms with Gasteiger partial charge in [-0.05, 0) is 32.0 Å². The van der Waals surface area contributed by atoms with Gasteiger partial charge in [-0.1, -0.05) is 23.8 Å². The Hall–Kier alpha value is -1.24. The Balaban J connectivity index is 3.38. The average molecular weight is 299 g/mol. The van der Waals surface area contributed by atoms with Crippen molar-refractivity contribution in [3.63, 3.8) is 0 Å². The lowest BCUT2D eigenvalue weighted by Gasteiger charge is -2.31. The molecule has 0 radical (unpaired) electrons. The summed E-state index contributed by atoms with van der Waals surface area (Å²) in [5.41, 5.74) is 0.995. The van der Waals surface area contributed by atoms with Crippen molar-refractivity contribution < 1.29 is 26.3 Å². The second kappa shape index (κ2) is 5.63. The maximum Gasteiger partial charge on any atom is 0.402 e. The van der Waals surface area contributed by atoms with Crippen LogP contribution in [0.4, 0.5) is 26.3 Å². The fourth-order valence-corrected chi connectivity index (χ4v) is 2.16. The van der Waals surface area contributed by atoms with E-state index in [0.717, 1.165) is 7.05 Å². The number of alkyl halides is 6. The summed E-state index contributed by atoms with van der Waals surface area (Å²) in [5.74, 6) is -3.44. The zero-order valence-electron chi connectivity index (χ0n) is 11.2. The van der Waals surface area contributed by atoms with E-state index in [2.05, 4.69) is 5.32 Å². The topological polar surface area (TPSA) is 12.0 Å². The molecule has 0 amide bonds. The van der Waals surface area contributed by atoms with Gasteiger partial charge in [0, 0.05) is 0 Å². The lowest BCUT2D eigenvalue weighted by molar-refractivity contribution is -0.292. The molecular formula is C13H15F6N. The minimum Gasteiger partial charge on any atom is -0.312 e. The van der Waals surface area contributed by atoms with Gasteiger partial charge in [-0.3, -0.25) is 0 Å². The molecule has 0 saturated carbocycles. The van der Waals surface area contributed by atoms with E-state index in [1.807, 2.05) is 0 Å². The summed E-state index contributed by atoms with van der Waals surface area (Å²) in [5, 5.41) is 2.16. The quantitative estimate of drug-likeness (QED) is 0.820. The Morgan fingerprint density at radius 3 is 1.85 bits per heavy atom. The van der Waals surface area contributed by atoms with Gasteiger partial charge in [0.2, 0.25) is 0 Å². The van der Waals surface area contributed by atoms with Crippen LogP contribution in [-0.4, -0.2) is 19.4 Å². The van der Waals surface area contributed by atoms with Crippen molar-refractivity contribution in [3.8, 4) is 0 Å². The third-order valence-electron chi connectivity index (χ3n) is 3.12. The molecule has 1 aromatic carbocycles. The Bertz CT molecular complexity index is 449. The highest BCUT2D eigenvalue weighted by Gasteiger charge is 2.60. The van der Waals surface area contributed by atoms with Crippen LogP contribution in [0.5, 0.6) is 0 Å². The Kier molecular flexibility index (Phi) is 4.74. The fourth-order valence-electron chi connectivity index (χ4n) is 2.16. The van der Waals surface area contributed by atoms with Crippen molar-refractivity contribution in [1.82, 2.24) is 5.32 Å². The highest BCUT2D eigenvalue weighted by atomic mass is 19.4. The standard InChI is InChI=1S/C13H15F6N/c1-7-4-5-8(2)9(6-7)10(20-3)11(12(14,15)16)13(17,18)19/h4-6,10-11,20H,1-3H3. The summed E-state index contributed by atoms with van der Waals surface area (Å²) in [6.45, 7) is 3.11. The van der Waals surface area contributed by atoms with E-state index in [9.17, 15) is 26.3 Å². The third-order valence-corrected chi connectivity index (χ3v) is 3.12. The molecule has 20 heavy (non-hydrogen) atoms. The van der Waals surface area contributed by atoms with Gasteiger partial charge in [0.15, 0.2) is 5.92 Å². The molecule has 114 valence electrons. The van der Waals surface area contributed by atoms with Gasteiger partial charge in [0.05, 0.1) is 6.04 Å². The summed E-state index contributed by atoms with van der Waals surface area (Å²) < 4.78 is 76.9. The SMILES string of the molecule is CNC(c1cc(C)ccc1C)C(C(F)(F)F)C(F)(F)F. The van der Waals surface area contributed by atoms with Gasteiger partial charge < -0.3 is 5.32 Å². The van der Waals surface area contributed by atoms with Crippen molar-refractivity contribution in [3.05, 3.63) is 34.9 Å². The zero-order chi connectivity index (χ0) is 15.7. The molecule has 1 rings (SSSR count). The second-order valence-electron chi connectivity index (χ2n) is 4.69. The molecule has 0 aliphatic rings. The normalized spacial score (nSPS) is 14.7. The van der Waals surface area contributed by atoms with Crippen LogP contribution < -0.4 is 5.32 Å². The van der Waals surface area contributed by atoms with Crippen LogP contribution in [0.1, 0.15) is 22.7 Å². The number of hydrogen-bond donors (Lipinski definition) is 1. The Morgan fingerprint density at radius 2 is 1.45 bits per heavy atom. The molecule has 1 N–H and O–H groups in total. The van der Waals surface area contributed by atoms with Crippen LogP contribution in [-0.2, 0) is 0 Å². The van der Waals surface area contributed by atoms with Crippen molar-refractivity contribution in [2.75, 3.05) is 7.05 Å². The average Bonchev–Trinajstić information content (AvgIpc) is 2.25. The summed E-state index contributed by atoms with van der Waals surface area (Å²) >= 11 is 0. The number of nitrogens with one attached hydrogen (secondary N) is 1. The first-order chi connectivity index (χ1) is 8.98. The molecule has 1 atom stereocenters. The first kappa shape index (κ1) is 16.8. The summed E-state index contributed by atoms with van der Waals surface area (Å²) in [4.78, 5) is 0. The minimum atomic E-state index is -5.37. The first-order valence-corrected chi connectivity index (χ1v) is 5.86. The van der Waals surface area contributed by atoms with Gasteiger partial charge in [-0.15, -0.1) is 0 Å². The van der Waals surface area contributed by atoms with Gasteiger partial charge in [-0.2, -0.15) is 26.3 Å². The van der Waals surface area contributed by atoms with Crippen LogP contribution in [0, 0.1) is 19.8 Å². The van der Waals surface area contributed by atoms with Crippen molar-refractivity contribution in [2.24, 2.45) is 5.92 Å². The maximum atomic E-state index is 12.8. The predicted molar refractivity (Wildman–Crippen MR) is 63.3 cm³/mol. The summed E-state index contributed by atoms with van der Waals surface area (Å²) in [7, 11) is 1.09. The van der Waals surface area contributed by atoms with Crippen molar-refractivity contribution in [1.29, 1.82) is 0 Å². The number of aryl methyl sites for hydroxylation is 2. The first-order valence-electron chi connectivity index (χ1n) is 5.86. The van der Waals surface area contributed by atoms with Crippen LogP contribution >= 0.6 is 0 Å². The number of rotatable bonds is 3. The maximum absolute atomic E-state index is 12.8. The molecule has 0 aliphatic carbocycles. The van der Waals surface area contributed by atoms with E-state index >= 15 is 0 Å². The Morgan fingerprint density at radius 1 is 0.950 bits per heavy atom. The molecule has 1 aromatic rings. The van der Waals surface area contributed by atoms with E-state index in [4.69, 9.17) is 0 Å². The van der Waals surface area contributed by atoms with Crippen LogP contribution in [0.15, 0.2) is 18.2 Å². The number of hydrogen-bond acceptors (Lipinski definition) is 1. The van der Waals surface area contributed by atoms with Gasteiger partial charge >= 0.3 is 12.4 Å². The molecule has 0 aliphatic heterocycles. The minimum absolute atomic E-state index is 0.00662. The molecule has 7 heteroatoms.